The average molecular weight is 414 g/mol. The Hall–Kier alpha value is -2.44. The SMILES string of the molecule is NC(=S)N/N=C/c1cc(Br)ccc1OCc1cccc2ccccc12. The summed E-state index contributed by atoms with van der Waals surface area (Å²) in [4.78, 5) is 0. The van der Waals surface area contributed by atoms with Crippen LogP contribution in [0.3, 0.4) is 0 Å². The molecule has 0 aliphatic rings. The number of thiocarbonyl (C=S) groups is 1. The van der Waals surface area contributed by atoms with E-state index in [9.17, 15) is 0 Å². The van der Waals surface area contributed by atoms with Crippen molar-refractivity contribution in [3.63, 3.8) is 0 Å². The second kappa shape index (κ2) is 8.09. The molecule has 6 heteroatoms. The molecule has 0 heterocycles. The third kappa shape index (κ3) is 4.55. The molecule has 0 saturated carbocycles. The highest BCUT2D eigenvalue weighted by Crippen LogP contribution is 2.25. The predicted molar refractivity (Wildman–Crippen MR) is 110 cm³/mol. The summed E-state index contributed by atoms with van der Waals surface area (Å²) in [6, 6.07) is 20.2. The molecule has 3 aromatic carbocycles. The van der Waals surface area contributed by atoms with E-state index in [1.54, 1.807) is 6.21 Å². The van der Waals surface area contributed by atoms with Crippen molar-refractivity contribution < 1.29 is 4.74 Å². The Morgan fingerprint density at radius 1 is 1.16 bits per heavy atom. The molecule has 0 aliphatic heterocycles. The van der Waals surface area contributed by atoms with Gasteiger partial charge in [0.25, 0.3) is 0 Å². The third-order valence-electron chi connectivity index (χ3n) is 3.61. The van der Waals surface area contributed by atoms with E-state index in [1.165, 1.54) is 10.8 Å². The highest BCUT2D eigenvalue weighted by molar-refractivity contribution is 9.10. The number of benzene rings is 3. The minimum absolute atomic E-state index is 0.115. The zero-order chi connectivity index (χ0) is 17.6. The highest BCUT2D eigenvalue weighted by Gasteiger charge is 2.06. The van der Waals surface area contributed by atoms with Crippen LogP contribution in [-0.4, -0.2) is 11.3 Å². The number of rotatable bonds is 5. The molecular formula is C19H16BrN3OS. The van der Waals surface area contributed by atoms with E-state index in [0.29, 0.717) is 6.61 Å². The molecule has 3 rings (SSSR count). The average Bonchev–Trinajstić information content (AvgIpc) is 2.61. The zero-order valence-corrected chi connectivity index (χ0v) is 15.7. The fourth-order valence-electron chi connectivity index (χ4n) is 2.49. The van der Waals surface area contributed by atoms with Crippen LogP contribution in [0.2, 0.25) is 0 Å². The van der Waals surface area contributed by atoms with Gasteiger partial charge in [0.15, 0.2) is 5.11 Å². The molecule has 0 atom stereocenters. The maximum Gasteiger partial charge on any atom is 0.184 e. The monoisotopic (exact) mass is 413 g/mol. The van der Waals surface area contributed by atoms with Gasteiger partial charge in [0.2, 0.25) is 0 Å². The van der Waals surface area contributed by atoms with Gasteiger partial charge in [-0.1, -0.05) is 58.4 Å². The summed E-state index contributed by atoms with van der Waals surface area (Å²) in [5, 5.41) is 6.50. The van der Waals surface area contributed by atoms with E-state index < -0.39 is 0 Å². The van der Waals surface area contributed by atoms with E-state index in [2.05, 4.69) is 50.7 Å². The predicted octanol–water partition coefficient (Wildman–Crippen LogP) is 4.35. The molecule has 0 amide bonds. The van der Waals surface area contributed by atoms with Gasteiger partial charge in [0, 0.05) is 10.0 Å². The fourth-order valence-corrected chi connectivity index (χ4v) is 2.92. The lowest BCUT2D eigenvalue weighted by Gasteiger charge is -2.11. The van der Waals surface area contributed by atoms with Crippen molar-refractivity contribution in [2.45, 2.75) is 6.61 Å². The van der Waals surface area contributed by atoms with E-state index in [0.717, 1.165) is 21.3 Å². The van der Waals surface area contributed by atoms with E-state index in [-0.39, 0.29) is 5.11 Å². The van der Waals surface area contributed by atoms with Crippen LogP contribution in [0.4, 0.5) is 0 Å². The summed E-state index contributed by atoms with van der Waals surface area (Å²) >= 11 is 8.20. The van der Waals surface area contributed by atoms with Gasteiger partial charge >= 0.3 is 0 Å². The quantitative estimate of drug-likeness (QED) is 0.370. The van der Waals surface area contributed by atoms with E-state index in [4.69, 9.17) is 22.7 Å². The molecule has 0 fully saturated rings. The van der Waals surface area contributed by atoms with Crippen LogP contribution in [0.15, 0.2) is 70.2 Å². The summed E-state index contributed by atoms with van der Waals surface area (Å²) in [7, 11) is 0. The summed E-state index contributed by atoms with van der Waals surface area (Å²) in [5.41, 5.74) is 9.87. The second-order valence-electron chi connectivity index (χ2n) is 5.34. The molecule has 0 spiro atoms. The molecule has 0 bridgehead atoms. The molecule has 0 unspecified atom stereocenters. The third-order valence-corrected chi connectivity index (χ3v) is 4.20. The Bertz CT molecular complexity index is 938. The Kier molecular flexibility index (Phi) is 5.63. The van der Waals surface area contributed by atoms with Crippen LogP contribution in [0.5, 0.6) is 5.75 Å². The Balaban J connectivity index is 1.83. The van der Waals surface area contributed by atoms with Gasteiger partial charge in [-0.15, -0.1) is 0 Å². The van der Waals surface area contributed by atoms with Crippen LogP contribution in [0, 0.1) is 0 Å². The Morgan fingerprint density at radius 2 is 1.96 bits per heavy atom. The minimum atomic E-state index is 0.115. The lowest BCUT2D eigenvalue weighted by atomic mass is 10.1. The molecular weight excluding hydrogens is 398 g/mol. The molecule has 3 aromatic rings. The number of halogens is 1. The van der Waals surface area contributed by atoms with Gasteiger partial charge in [0.05, 0.1) is 6.21 Å². The van der Waals surface area contributed by atoms with Crippen molar-refractivity contribution in [2.24, 2.45) is 10.8 Å². The fraction of sp³-hybridized carbons (Fsp3) is 0.0526. The molecule has 4 nitrogen and oxygen atoms in total. The van der Waals surface area contributed by atoms with Crippen molar-refractivity contribution in [3.8, 4) is 5.75 Å². The normalized spacial score (nSPS) is 10.9. The molecule has 3 N–H and O–H groups in total. The molecule has 0 saturated heterocycles. The molecule has 25 heavy (non-hydrogen) atoms. The van der Waals surface area contributed by atoms with Gasteiger partial charge in [-0.05, 0) is 46.8 Å². The summed E-state index contributed by atoms with van der Waals surface area (Å²) < 4.78 is 6.97. The molecule has 0 aromatic heterocycles. The smallest absolute Gasteiger partial charge is 0.184 e. The first kappa shape index (κ1) is 17.4. The van der Waals surface area contributed by atoms with E-state index in [1.807, 2.05) is 36.4 Å². The van der Waals surface area contributed by atoms with Crippen LogP contribution in [-0.2, 0) is 6.61 Å². The van der Waals surface area contributed by atoms with Crippen molar-refractivity contribution in [2.75, 3.05) is 0 Å². The lowest BCUT2D eigenvalue weighted by Crippen LogP contribution is -2.24. The lowest BCUT2D eigenvalue weighted by molar-refractivity contribution is 0.307. The Morgan fingerprint density at radius 3 is 2.80 bits per heavy atom. The van der Waals surface area contributed by atoms with Crippen LogP contribution in [0.25, 0.3) is 10.8 Å². The zero-order valence-electron chi connectivity index (χ0n) is 13.3. The summed E-state index contributed by atoms with van der Waals surface area (Å²) in [6.45, 7) is 0.465. The first-order chi connectivity index (χ1) is 12.1. The topological polar surface area (TPSA) is 59.6 Å². The number of hydrogen-bond donors (Lipinski definition) is 2. The molecule has 126 valence electrons. The van der Waals surface area contributed by atoms with E-state index >= 15 is 0 Å². The van der Waals surface area contributed by atoms with Gasteiger partial charge < -0.3 is 10.5 Å². The van der Waals surface area contributed by atoms with Gasteiger partial charge in [-0.3, -0.25) is 5.43 Å². The van der Waals surface area contributed by atoms with Gasteiger partial charge in [0.1, 0.15) is 12.4 Å². The van der Waals surface area contributed by atoms with Crippen molar-refractivity contribution in [3.05, 3.63) is 76.3 Å². The number of nitrogens with zero attached hydrogens (tertiary/aromatic N) is 1. The van der Waals surface area contributed by atoms with Crippen molar-refractivity contribution >= 4 is 50.2 Å². The van der Waals surface area contributed by atoms with Crippen LogP contribution < -0.4 is 15.9 Å². The van der Waals surface area contributed by atoms with Crippen LogP contribution >= 0.6 is 28.1 Å². The summed E-state index contributed by atoms with van der Waals surface area (Å²) in [6.07, 6.45) is 1.63. The van der Waals surface area contributed by atoms with Gasteiger partial charge in [-0.25, -0.2) is 0 Å². The second-order valence-corrected chi connectivity index (χ2v) is 6.70. The van der Waals surface area contributed by atoms with Crippen molar-refractivity contribution in [1.82, 2.24) is 5.43 Å². The van der Waals surface area contributed by atoms with Gasteiger partial charge in [-0.2, -0.15) is 5.10 Å². The maximum absolute atomic E-state index is 6.04. The first-order valence-electron chi connectivity index (χ1n) is 7.61. The first-order valence-corrected chi connectivity index (χ1v) is 8.81. The standard InChI is InChI=1S/C19H16BrN3OS/c20-16-8-9-18(15(10-16)11-22-23-19(21)25)24-12-14-6-3-5-13-4-1-2-7-17(13)14/h1-11H,12H2,(H3,21,23,25)/b22-11+. The largest absolute Gasteiger partial charge is 0.488 e. The summed E-state index contributed by atoms with van der Waals surface area (Å²) in [5.74, 6) is 0.727. The molecule has 0 radical (unpaired) electrons. The molecule has 0 aliphatic carbocycles. The number of nitrogens with two attached hydrogens (primary N) is 1. The number of hydrazone groups is 1. The number of ether oxygens (including phenoxy) is 1. The number of nitrogens with one attached hydrogen (secondary N) is 1. The highest BCUT2D eigenvalue weighted by atomic mass is 79.9. The van der Waals surface area contributed by atoms with Crippen LogP contribution in [0.1, 0.15) is 11.1 Å². The maximum atomic E-state index is 6.04. The minimum Gasteiger partial charge on any atom is -0.488 e. The Labute approximate surface area is 159 Å². The number of hydrogen-bond acceptors (Lipinski definition) is 3. The van der Waals surface area contributed by atoms with Crippen molar-refractivity contribution in [1.29, 1.82) is 0 Å². The number of fused-ring (bicyclic) bond motifs is 1.